The quantitative estimate of drug-likeness (QED) is 0.871. The first-order valence-electron chi connectivity index (χ1n) is 8.20. The van der Waals surface area contributed by atoms with Crippen LogP contribution in [0.25, 0.3) is 0 Å². The van der Waals surface area contributed by atoms with Gasteiger partial charge >= 0.3 is 6.03 Å². The summed E-state index contributed by atoms with van der Waals surface area (Å²) in [5.41, 5.74) is 1.88. The number of nitrogens with zero attached hydrogens (tertiary/aromatic N) is 1. The van der Waals surface area contributed by atoms with Gasteiger partial charge in [-0.2, -0.15) is 11.8 Å². The number of furan rings is 1. The van der Waals surface area contributed by atoms with E-state index >= 15 is 0 Å². The molecule has 6 heteroatoms. The summed E-state index contributed by atoms with van der Waals surface area (Å²) in [6.07, 6.45) is 1.69. The number of thioether (sulfide) groups is 1. The van der Waals surface area contributed by atoms with Gasteiger partial charge < -0.3 is 15.1 Å². The Bertz CT molecular complexity index is 654. The van der Waals surface area contributed by atoms with Crippen LogP contribution in [0.2, 0.25) is 0 Å². The van der Waals surface area contributed by atoms with Gasteiger partial charge in [-0.15, -0.1) is 0 Å². The molecule has 2 heterocycles. The molecule has 1 aromatic heterocycles. The lowest BCUT2D eigenvalue weighted by Crippen LogP contribution is -2.42. The zero-order chi connectivity index (χ0) is 16.8. The van der Waals surface area contributed by atoms with Crippen molar-refractivity contribution in [3.8, 4) is 0 Å². The van der Waals surface area contributed by atoms with Crippen LogP contribution in [-0.4, -0.2) is 42.1 Å². The molecule has 3 rings (SSSR count). The number of urea groups is 1. The van der Waals surface area contributed by atoms with Crippen molar-refractivity contribution in [3.63, 3.8) is 0 Å². The van der Waals surface area contributed by atoms with Crippen molar-refractivity contribution in [3.05, 3.63) is 54.0 Å². The van der Waals surface area contributed by atoms with E-state index in [2.05, 4.69) is 15.5 Å². The van der Waals surface area contributed by atoms with Crippen LogP contribution in [0.5, 0.6) is 0 Å². The highest BCUT2D eigenvalue weighted by atomic mass is 32.2. The van der Waals surface area contributed by atoms with Crippen LogP contribution in [0.3, 0.4) is 0 Å². The summed E-state index contributed by atoms with van der Waals surface area (Å²) in [5, 5.41) is 5.90. The molecule has 0 aliphatic carbocycles. The molecule has 5 nitrogen and oxygen atoms in total. The first-order chi connectivity index (χ1) is 11.7. The summed E-state index contributed by atoms with van der Waals surface area (Å²) in [4.78, 5) is 14.6. The van der Waals surface area contributed by atoms with Crippen molar-refractivity contribution in [2.75, 3.05) is 36.5 Å². The smallest absolute Gasteiger partial charge is 0.319 e. The molecule has 1 aliphatic heterocycles. The number of aryl methyl sites for hydroxylation is 1. The van der Waals surface area contributed by atoms with Crippen LogP contribution >= 0.6 is 11.8 Å². The minimum absolute atomic E-state index is 0.0727. The van der Waals surface area contributed by atoms with E-state index in [1.165, 1.54) is 0 Å². The minimum atomic E-state index is -0.188. The molecule has 0 unspecified atom stereocenters. The number of hydrogen-bond donors (Lipinski definition) is 2. The number of nitrogens with one attached hydrogen (secondary N) is 2. The Labute approximate surface area is 146 Å². The monoisotopic (exact) mass is 345 g/mol. The number of anilines is 1. The summed E-state index contributed by atoms with van der Waals surface area (Å²) in [6.45, 7) is 4.52. The number of para-hydroxylation sites is 1. The predicted octanol–water partition coefficient (Wildman–Crippen LogP) is 3.50. The second-order valence-corrected chi connectivity index (χ2v) is 7.05. The Balaban J connectivity index is 1.61. The SMILES string of the molecule is Cc1ccccc1NC(=O)NC[C@H](c1ccco1)N1CCSCC1. The molecule has 0 bridgehead atoms. The zero-order valence-corrected chi connectivity index (χ0v) is 14.6. The van der Waals surface area contributed by atoms with Gasteiger partial charge in [-0.25, -0.2) is 4.79 Å². The highest BCUT2D eigenvalue weighted by Crippen LogP contribution is 2.24. The molecule has 128 valence electrons. The highest BCUT2D eigenvalue weighted by Gasteiger charge is 2.25. The molecule has 0 spiro atoms. The van der Waals surface area contributed by atoms with Gasteiger partial charge in [0, 0.05) is 36.8 Å². The van der Waals surface area contributed by atoms with E-state index < -0.39 is 0 Å². The fraction of sp³-hybridized carbons (Fsp3) is 0.389. The summed E-state index contributed by atoms with van der Waals surface area (Å²) >= 11 is 1.97. The largest absolute Gasteiger partial charge is 0.468 e. The Morgan fingerprint density at radius 3 is 2.75 bits per heavy atom. The van der Waals surface area contributed by atoms with Crippen LogP contribution in [0.15, 0.2) is 47.1 Å². The average Bonchev–Trinajstić information content (AvgIpc) is 3.12. The van der Waals surface area contributed by atoms with Crippen LogP contribution in [0.4, 0.5) is 10.5 Å². The molecule has 1 saturated heterocycles. The maximum atomic E-state index is 12.2. The molecule has 1 fully saturated rings. The molecule has 1 atom stereocenters. The zero-order valence-electron chi connectivity index (χ0n) is 13.8. The van der Waals surface area contributed by atoms with Gasteiger partial charge in [0.05, 0.1) is 12.3 Å². The van der Waals surface area contributed by atoms with Crippen molar-refractivity contribution >= 4 is 23.5 Å². The molecule has 2 N–H and O–H groups in total. The fourth-order valence-electron chi connectivity index (χ4n) is 2.85. The molecule has 1 aromatic carbocycles. The summed E-state index contributed by atoms with van der Waals surface area (Å²) in [7, 11) is 0. The van der Waals surface area contributed by atoms with Gasteiger partial charge in [-0.05, 0) is 30.7 Å². The average molecular weight is 345 g/mol. The third kappa shape index (κ3) is 4.33. The maximum Gasteiger partial charge on any atom is 0.319 e. The molecule has 2 aromatic rings. The Kier molecular flexibility index (Phi) is 5.82. The predicted molar refractivity (Wildman–Crippen MR) is 98.5 cm³/mol. The molecule has 1 aliphatic rings. The van der Waals surface area contributed by atoms with Gasteiger partial charge in [-0.1, -0.05) is 18.2 Å². The van der Waals surface area contributed by atoms with E-state index in [1.54, 1.807) is 6.26 Å². The van der Waals surface area contributed by atoms with E-state index in [9.17, 15) is 4.79 Å². The van der Waals surface area contributed by atoms with Crippen LogP contribution in [0, 0.1) is 6.92 Å². The third-order valence-electron chi connectivity index (χ3n) is 4.21. The number of hydrogen-bond acceptors (Lipinski definition) is 4. The van der Waals surface area contributed by atoms with E-state index in [0.717, 1.165) is 41.6 Å². The Hall–Kier alpha value is -1.92. The number of carbonyl (C=O) groups excluding carboxylic acids is 1. The molecule has 0 radical (unpaired) electrons. The maximum absolute atomic E-state index is 12.2. The van der Waals surface area contributed by atoms with Crippen molar-refractivity contribution in [2.45, 2.75) is 13.0 Å². The number of benzene rings is 1. The normalized spacial score (nSPS) is 16.5. The first kappa shape index (κ1) is 16.9. The Morgan fingerprint density at radius 1 is 1.25 bits per heavy atom. The highest BCUT2D eigenvalue weighted by molar-refractivity contribution is 7.99. The number of carbonyl (C=O) groups is 1. The lowest BCUT2D eigenvalue weighted by Gasteiger charge is -2.33. The Morgan fingerprint density at radius 2 is 2.04 bits per heavy atom. The topological polar surface area (TPSA) is 57.5 Å². The first-order valence-corrected chi connectivity index (χ1v) is 9.35. The van der Waals surface area contributed by atoms with Crippen LogP contribution in [0.1, 0.15) is 17.4 Å². The number of amides is 2. The summed E-state index contributed by atoms with van der Waals surface area (Å²) in [5.74, 6) is 3.14. The second-order valence-electron chi connectivity index (χ2n) is 5.83. The van der Waals surface area contributed by atoms with Gasteiger partial charge in [0.2, 0.25) is 0 Å². The molecule has 2 amide bonds. The van der Waals surface area contributed by atoms with E-state index in [1.807, 2.05) is 55.1 Å². The van der Waals surface area contributed by atoms with Crippen molar-refractivity contribution < 1.29 is 9.21 Å². The van der Waals surface area contributed by atoms with E-state index in [4.69, 9.17) is 4.42 Å². The van der Waals surface area contributed by atoms with Crippen molar-refractivity contribution in [2.24, 2.45) is 0 Å². The molecule has 0 saturated carbocycles. The number of rotatable bonds is 5. The van der Waals surface area contributed by atoms with Gasteiger partial charge in [0.1, 0.15) is 5.76 Å². The lowest BCUT2D eigenvalue weighted by molar-refractivity contribution is 0.187. The second kappa shape index (κ2) is 8.26. The lowest BCUT2D eigenvalue weighted by atomic mass is 10.2. The third-order valence-corrected chi connectivity index (χ3v) is 5.15. The fourth-order valence-corrected chi connectivity index (χ4v) is 3.78. The summed E-state index contributed by atoms with van der Waals surface area (Å²) in [6, 6.07) is 11.5. The van der Waals surface area contributed by atoms with Gasteiger partial charge in [0.25, 0.3) is 0 Å². The molecule has 24 heavy (non-hydrogen) atoms. The standard InChI is InChI=1S/C18H23N3O2S/c1-14-5-2-3-6-15(14)20-18(22)19-13-16(17-7-4-10-23-17)21-8-11-24-12-9-21/h2-7,10,16H,8-9,11-13H2,1H3,(H2,19,20,22)/t16-/m1/s1. The van der Waals surface area contributed by atoms with Crippen LogP contribution in [-0.2, 0) is 0 Å². The van der Waals surface area contributed by atoms with Crippen LogP contribution < -0.4 is 10.6 Å². The van der Waals surface area contributed by atoms with Crippen molar-refractivity contribution in [1.29, 1.82) is 0 Å². The van der Waals surface area contributed by atoms with Crippen molar-refractivity contribution in [1.82, 2.24) is 10.2 Å². The van der Waals surface area contributed by atoms with E-state index in [-0.39, 0.29) is 12.1 Å². The summed E-state index contributed by atoms with van der Waals surface area (Å²) < 4.78 is 5.60. The van der Waals surface area contributed by atoms with E-state index in [0.29, 0.717) is 6.54 Å². The minimum Gasteiger partial charge on any atom is -0.468 e. The molecular weight excluding hydrogens is 322 g/mol. The van der Waals surface area contributed by atoms with Gasteiger partial charge in [0.15, 0.2) is 0 Å². The molecular formula is C18H23N3O2S. The van der Waals surface area contributed by atoms with Gasteiger partial charge in [-0.3, -0.25) is 4.90 Å².